The summed E-state index contributed by atoms with van der Waals surface area (Å²) >= 11 is 1.86. The Morgan fingerprint density at radius 3 is 1.72 bits per heavy atom. The van der Waals surface area contributed by atoms with Crippen LogP contribution in [-0.2, 0) is 0 Å². The molecule has 11 aromatic rings. The van der Waals surface area contributed by atoms with Crippen molar-refractivity contribution in [3.8, 4) is 67.4 Å². The molecule has 3 aromatic heterocycles. The molecule has 0 fully saturated rings. The van der Waals surface area contributed by atoms with Crippen molar-refractivity contribution >= 4 is 53.2 Å². The topological polar surface area (TPSA) is 38.7 Å². The van der Waals surface area contributed by atoms with Crippen molar-refractivity contribution in [2.24, 2.45) is 0 Å². The molecule has 266 valence electrons. The molecule has 0 aliphatic rings. The molecule has 11 rings (SSSR count). The molecule has 0 saturated carbocycles. The number of benzene rings is 8. The molecule has 0 unspecified atom stereocenters. The second kappa shape index (κ2) is 13.8. The van der Waals surface area contributed by atoms with Crippen molar-refractivity contribution < 1.29 is 0 Å². The SMILES string of the molecule is c1ccc(-c2nc(-c3ccc(-c4cccc5c4sc4ccccc45)cc3)cc(-c3cccc(-c4cccc5c(-c6ccccc6)nc6ccccc6c45)c3)n2)cc1. The van der Waals surface area contributed by atoms with Gasteiger partial charge in [0.1, 0.15) is 0 Å². The van der Waals surface area contributed by atoms with Gasteiger partial charge < -0.3 is 0 Å². The predicted octanol–water partition coefficient (Wildman–Crippen LogP) is 14.5. The zero-order valence-corrected chi connectivity index (χ0v) is 31.6. The molecular formula is C53H33N3S. The number of hydrogen-bond acceptors (Lipinski definition) is 4. The summed E-state index contributed by atoms with van der Waals surface area (Å²) in [6.45, 7) is 0. The molecule has 0 aliphatic carbocycles. The van der Waals surface area contributed by atoms with Crippen molar-refractivity contribution in [3.05, 3.63) is 200 Å². The number of para-hydroxylation sites is 1. The molecule has 0 amide bonds. The lowest BCUT2D eigenvalue weighted by atomic mass is 9.92. The molecule has 0 radical (unpaired) electrons. The second-order valence-corrected chi connectivity index (χ2v) is 15.4. The maximum atomic E-state index is 5.20. The number of pyridine rings is 1. The molecular weight excluding hydrogens is 711 g/mol. The predicted molar refractivity (Wildman–Crippen MR) is 240 cm³/mol. The van der Waals surface area contributed by atoms with Gasteiger partial charge in [-0.15, -0.1) is 11.3 Å². The van der Waals surface area contributed by atoms with Gasteiger partial charge in [-0.25, -0.2) is 15.0 Å². The molecule has 4 heteroatoms. The second-order valence-electron chi connectivity index (χ2n) is 14.3. The fraction of sp³-hybridized carbons (Fsp3) is 0. The average molecular weight is 744 g/mol. The first kappa shape index (κ1) is 33.1. The quantitative estimate of drug-likeness (QED) is 0.159. The summed E-state index contributed by atoms with van der Waals surface area (Å²) in [6, 6.07) is 70.8. The standard InChI is InChI=1S/C53H33N3S/c1-3-14-36(15-4-1)51-45-25-12-22-40(50(45)44-21-7-9-26-46(44)54-51)38-18-11-19-39(32-38)48-33-47(55-53(56-48)37-16-5-2-6-17-37)35-30-28-34(29-31-35)41-23-13-24-43-42-20-8-10-27-49(42)57-52(41)43/h1-33H. The lowest BCUT2D eigenvalue weighted by Crippen LogP contribution is -1.96. The van der Waals surface area contributed by atoms with Gasteiger partial charge in [0.2, 0.25) is 0 Å². The van der Waals surface area contributed by atoms with E-state index in [1.54, 1.807) is 0 Å². The molecule has 0 spiro atoms. The van der Waals surface area contributed by atoms with Gasteiger partial charge in [-0.2, -0.15) is 0 Å². The largest absolute Gasteiger partial charge is 0.247 e. The zero-order chi connectivity index (χ0) is 37.7. The zero-order valence-electron chi connectivity index (χ0n) is 30.8. The highest BCUT2D eigenvalue weighted by Gasteiger charge is 2.17. The van der Waals surface area contributed by atoms with Crippen LogP contribution in [0.1, 0.15) is 0 Å². The summed E-state index contributed by atoms with van der Waals surface area (Å²) in [4.78, 5) is 15.5. The number of fused-ring (bicyclic) bond motifs is 6. The number of nitrogens with zero attached hydrogens (tertiary/aromatic N) is 3. The van der Waals surface area contributed by atoms with E-state index in [1.807, 2.05) is 29.5 Å². The average Bonchev–Trinajstić information content (AvgIpc) is 3.68. The molecule has 57 heavy (non-hydrogen) atoms. The Morgan fingerprint density at radius 1 is 0.333 bits per heavy atom. The first-order chi connectivity index (χ1) is 28.2. The lowest BCUT2D eigenvalue weighted by Gasteiger charge is -2.15. The molecule has 0 saturated heterocycles. The molecule has 3 heterocycles. The normalized spacial score (nSPS) is 11.5. The van der Waals surface area contributed by atoms with Crippen LogP contribution in [0.25, 0.3) is 109 Å². The monoisotopic (exact) mass is 743 g/mol. The van der Waals surface area contributed by atoms with Crippen LogP contribution in [0.5, 0.6) is 0 Å². The van der Waals surface area contributed by atoms with E-state index in [-0.39, 0.29) is 0 Å². The molecule has 0 N–H and O–H groups in total. The highest BCUT2D eigenvalue weighted by atomic mass is 32.1. The third-order valence-corrected chi connectivity index (χ3v) is 12.1. The number of thiophene rings is 1. The summed E-state index contributed by atoms with van der Waals surface area (Å²) in [5.74, 6) is 0.697. The van der Waals surface area contributed by atoms with Crippen LogP contribution in [0.4, 0.5) is 0 Å². The Balaban J connectivity index is 1.04. The third kappa shape index (κ3) is 5.86. The summed E-state index contributed by atoms with van der Waals surface area (Å²) in [5.41, 5.74) is 12.6. The van der Waals surface area contributed by atoms with Gasteiger partial charge in [0.25, 0.3) is 0 Å². The Bertz CT molecular complexity index is 3280. The van der Waals surface area contributed by atoms with E-state index in [0.29, 0.717) is 5.82 Å². The summed E-state index contributed by atoms with van der Waals surface area (Å²) < 4.78 is 2.62. The van der Waals surface area contributed by atoms with Crippen LogP contribution in [-0.4, -0.2) is 15.0 Å². The van der Waals surface area contributed by atoms with Crippen molar-refractivity contribution in [1.29, 1.82) is 0 Å². The number of rotatable bonds is 6. The first-order valence-electron chi connectivity index (χ1n) is 19.2. The van der Waals surface area contributed by atoms with Gasteiger partial charge >= 0.3 is 0 Å². The summed E-state index contributed by atoms with van der Waals surface area (Å²) in [7, 11) is 0. The van der Waals surface area contributed by atoms with Crippen LogP contribution in [0.3, 0.4) is 0 Å². The third-order valence-electron chi connectivity index (χ3n) is 10.9. The summed E-state index contributed by atoms with van der Waals surface area (Å²) in [6.07, 6.45) is 0. The van der Waals surface area contributed by atoms with Crippen LogP contribution < -0.4 is 0 Å². The minimum atomic E-state index is 0.697. The molecule has 3 nitrogen and oxygen atoms in total. The van der Waals surface area contributed by atoms with E-state index in [0.717, 1.165) is 66.8 Å². The van der Waals surface area contributed by atoms with Crippen molar-refractivity contribution in [3.63, 3.8) is 0 Å². The maximum absolute atomic E-state index is 5.20. The lowest BCUT2D eigenvalue weighted by molar-refractivity contribution is 1.18. The highest BCUT2D eigenvalue weighted by Crippen LogP contribution is 2.42. The Morgan fingerprint density at radius 2 is 0.912 bits per heavy atom. The van der Waals surface area contributed by atoms with E-state index in [2.05, 4.69) is 182 Å². The van der Waals surface area contributed by atoms with E-state index in [1.165, 1.54) is 36.7 Å². The van der Waals surface area contributed by atoms with E-state index in [4.69, 9.17) is 15.0 Å². The number of aromatic nitrogens is 3. The fourth-order valence-electron chi connectivity index (χ4n) is 8.16. The van der Waals surface area contributed by atoms with Crippen LogP contribution in [0, 0.1) is 0 Å². The van der Waals surface area contributed by atoms with Gasteiger partial charge in [-0.3, -0.25) is 0 Å². The Labute approximate surface area is 334 Å². The van der Waals surface area contributed by atoms with Crippen molar-refractivity contribution in [2.75, 3.05) is 0 Å². The molecule has 8 aromatic carbocycles. The fourth-order valence-corrected chi connectivity index (χ4v) is 9.40. The van der Waals surface area contributed by atoms with E-state index < -0.39 is 0 Å². The van der Waals surface area contributed by atoms with Crippen molar-refractivity contribution in [2.45, 2.75) is 0 Å². The maximum Gasteiger partial charge on any atom is 0.160 e. The smallest absolute Gasteiger partial charge is 0.160 e. The van der Waals surface area contributed by atoms with Crippen LogP contribution >= 0.6 is 11.3 Å². The van der Waals surface area contributed by atoms with E-state index in [9.17, 15) is 0 Å². The van der Waals surface area contributed by atoms with Crippen LogP contribution in [0.2, 0.25) is 0 Å². The Hall–Kier alpha value is -7.27. The summed E-state index contributed by atoms with van der Waals surface area (Å²) in [5, 5.41) is 6.07. The minimum Gasteiger partial charge on any atom is -0.247 e. The molecule has 0 bridgehead atoms. The molecule has 0 atom stereocenters. The van der Waals surface area contributed by atoms with E-state index >= 15 is 0 Å². The Kier molecular flexibility index (Phi) is 8.01. The minimum absolute atomic E-state index is 0.697. The number of hydrogen-bond donors (Lipinski definition) is 0. The van der Waals surface area contributed by atoms with Gasteiger partial charge in [0, 0.05) is 58.6 Å². The van der Waals surface area contributed by atoms with Crippen LogP contribution in [0.15, 0.2) is 200 Å². The molecule has 0 aliphatic heterocycles. The van der Waals surface area contributed by atoms with Gasteiger partial charge in [0.05, 0.1) is 22.6 Å². The highest BCUT2D eigenvalue weighted by molar-refractivity contribution is 7.26. The first-order valence-corrected chi connectivity index (χ1v) is 20.0. The van der Waals surface area contributed by atoms with Gasteiger partial charge in [0.15, 0.2) is 5.82 Å². The van der Waals surface area contributed by atoms with Crippen molar-refractivity contribution in [1.82, 2.24) is 15.0 Å². The van der Waals surface area contributed by atoms with Gasteiger partial charge in [-0.05, 0) is 46.5 Å². The van der Waals surface area contributed by atoms with Gasteiger partial charge in [-0.1, -0.05) is 176 Å².